The van der Waals surface area contributed by atoms with E-state index in [1.54, 1.807) is 0 Å². The maximum Gasteiger partial charge on any atom is 0.153 e. The van der Waals surface area contributed by atoms with Crippen LogP contribution >= 0.6 is 0 Å². The molecule has 3 nitrogen and oxygen atoms in total. The molecule has 0 unspecified atom stereocenters. The van der Waals surface area contributed by atoms with Gasteiger partial charge in [0, 0.05) is 0 Å². The smallest absolute Gasteiger partial charge is 0.153 e. The summed E-state index contributed by atoms with van der Waals surface area (Å²) in [6.07, 6.45) is 0. The van der Waals surface area contributed by atoms with Gasteiger partial charge in [-0.2, -0.15) is 0 Å². The highest BCUT2D eigenvalue weighted by atomic mass is 32.2. The number of aliphatic hydroxyl groups is 1. The molecular formula is C7H16O3S. The lowest BCUT2D eigenvalue weighted by Gasteiger charge is -2.17. The highest BCUT2D eigenvalue weighted by molar-refractivity contribution is 7.91. The molecule has 0 radical (unpaired) electrons. The fourth-order valence-electron chi connectivity index (χ4n) is 0.871. The molecular weight excluding hydrogens is 164 g/mol. The van der Waals surface area contributed by atoms with Crippen molar-refractivity contribution in [3.63, 3.8) is 0 Å². The standard InChI is InChI=1S/C7H16O3S/c1-7(2,3)6-11(9,10)5-4-8/h8H,4-6H2,1-3H3. The van der Waals surface area contributed by atoms with Crippen LogP contribution in [-0.2, 0) is 9.84 Å². The first-order valence-electron chi connectivity index (χ1n) is 3.58. The van der Waals surface area contributed by atoms with Crippen LogP contribution < -0.4 is 0 Å². The molecule has 0 aliphatic rings. The summed E-state index contributed by atoms with van der Waals surface area (Å²) in [5.74, 6) is 0.0187. The molecule has 0 aliphatic heterocycles. The summed E-state index contributed by atoms with van der Waals surface area (Å²) in [5.41, 5.74) is -0.214. The molecule has 0 amide bonds. The van der Waals surface area contributed by atoms with Gasteiger partial charge in [-0.25, -0.2) is 8.42 Å². The molecule has 0 spiro atoms. The molecule has 11 heavy (non-hydrogen) atoms. The van der Waals surface area contributed by atoms with Gasteiger partial charge in [0.15, 0.2) is 9.84 Å². The van der Waals surface area contributed by atoms with E-state index >= 15 is 0 Å². The second-order valence-electron chi connectivity index (χ2n) is 3.88. The Morgan fingerprint density at radius 1 is 1.27 bits per heavy atom. The number of hydrogen-bond donors (Lipinski definition) is 1. The lowest BCUT2D eigenvalue weighted by molar-refractivity contribution is 0.319. The monoisotopic (exact) mass is 180 g/mol. The van der Waals surface area contributed by atoms with Crippen LogP contribution in [0.15, 0.2) is 0 Å². The average Bonchev–Trinajstić information content (AvgIpc) is 1.55. The molecule has 4 heteroatoms. The molecule has 0 fully saturated rings. The van der Waals surface area contributed by atoms with Gasteiger partial charge in [0.2, 0.25) is 0 Å². The van der Waals surface area contributed by atoms with Crippen molar-refractivity contribution >= 4 is 9.84 Å². The number of hydrogen-bond acceptors (Lipinski definition) is 3. The molecule has 68 valence electrons. The summed E-state index contributed by atoms with van der Waals surface area (Å²) in [4.78, 5) is 0. The Balaban J connectivity index is 4.15. The lowest BCUT2D eigenvalue weighted by Crippen LogP contribution is -2.24. The summed E-state index contributed by atoms with van der Waals surface area (Å²) < 4.78 is 22.2. The Hall–Kier alpha value is -0.0900. The van der Waals surface area contributed by atoms with Gasteiger partial charge in [-0.1, -0.05) is 20.8 Å². The fourth-order valence-corrected chi connectivity index (χ4v) is 2.61. The van der Waals surface area contributed by atoms with Gasteiger partial charge in [0.1, 0.15) is 0 Å². The van der Waals surface area contributed by atoms with E-state index in [0.717, 1.165) is 0 Å². The van der Waals surface area contributed by atoms with Crippen LogP contribution in [0.2, 0.25) is 0 Å². The lowest BCUT2D eigenvalue weighted by atomic mass is 10.0. The topological polar surface area (TPSA) is 54.4 Å². The first-order valence-corrected chi connectivity index (χ1v) is 5.40. The molecule has 0 heterocycles. The molecule has 0 aromatic rings. The van der Waals surface area contributed by atoms with Crippen molar-refractivity contribution in [2.24, 2.45) is 5.41 Å². The van der Waals surface area contributed by atoms with E-state index in [4.69, 9.17) is 5.11 Å². The van der Waals surface area contributed by atoms with Crippen LogP contribution in [0.5, 0.6) is 0 Å². The zero-order valence-electron chi connectivity index (χ0n) is 7.29. The van der Waals surface area contributed by atoms with E-state index in [9.17, 15) is 8.42 Å². The minimum atomic E-state index is -3.04. The van der Waals surface area contributed by atoms with Gasteiger partial charge in [-0.05, 0) is 5.41 Å². The average molecular weight is 180 g/mol. The molecule has 0 bridgehead atoms. The fraction of sp³-hybridized carbons (Fsp3) is 1.00. The largest absolute Gasteiger partial charge is 0.395 e. The van der Waals surface area contributed by atoms with E-state index in [-0.39, 0.29) is 23.5 Å². The number of aliphatic hydroxyl groups excluding tert-OH is 1. The van der Waals surface area contributed by atoms with Crippen molar-refractivity contribution in [3.05, 3.63) is 0 Å². The SMILES string of the molecule is CC(C)(C)CS(=O)(=O)CCO. The highest BCUT2D eigenvalue weighted by Crippen LogP contribution is 2.16. The second-order valence-corrected chi connectivity index (χ2v) is 6.06. The maximum absolute atomic E-state index is 11.1. The van der Waals surface area contributed by atoms with Crippen molar-refractivity contribution in [2.45, 2.75) is 20.8 Å². The maximum atomic E-state index is 11.1. The molecule has 0 aromatic carbocycles. The van der Waals surface area contributed by atoms with Gasteiger partial charge in [-0.3, -0.25) is 0 Å². The minimum Gasteiger partial charge on any atom is -0.395 e. The summed E-state index contributed by atoms with van der Waals surface area (Å²) >= 11 is 0. The van der Waals surface area contributed by atoms with Crippen molar-refractivity contribution in [3.8, 4) is 0 Å². The van der Waals surface area contributed by atoms with Crippen LogP contribution in [0.4, 0.5) is 0 Å². The minimum absolute atomic E-state index is 0.121. The highest BCUT2D eigenvalue weighted by Gasteiger charge is 2.20. The van der Waals surface area contributed by atoms with Gasteiger partial charge in [0.25, 0.3) is 0 Å². The first kappa shape index (κ1) is 10.9. The quantitative estimate of drug-likeness (QED) is 0.685. The Morgan fingerprint density at radius 2 is 1.73 bits per heavy atom. The zero-order chi connectivity index (χ0) is 9.12. The summed E-state index contributed by atoms with van der Waals surface area (Å²) in [6, 6.07) is 0. The Morgan fingerprint density at radius 3 is 2.00 bits per heavy atom. The summed E-state index contributed by atoms with van der Waals surface area (Å²) in [5, 5.41) is 8.42. The van der Waals surface area contributed by atoms with E-state index in [2.05, 4.69) is 0 Å². The van der Waals surface area contributed by atoms with E-state index in [1.807, 2.05) is 20.8 Å². The van der Waals surface area contributed by atoms with Crippen LogP contribution in [-0.4, -0.2) is 31.6 Å². The Kier molecular flexibility index (Phi) is 3.51. The third-order valence-corrected chi connectivity index (χ3v) is 3.17. The second kappa shape index (κ2) is 3.54. The molecule has 0 saturated heterocycles. The van der Waals surface area contributed by atoms with Gasteiger partial charge in [0.05, 0.1) is 18.1 Å². The first-order chi connectivity index (χ1) is 4.77. The molecule has 1 N–H and O–H groups in total. The normalized spacial score (nSPS) is 13.5. The van der Waals surface area contributed by atoms with Crippen molar-refractivity contribution in [1.29, 1.82) is 0 Å². The van der Waals surface area contributed by atoms with Crippen LogP contribution in [0.1, 0.15) is 20.8 Å². The molecule has 0 saturated carbocycles. The molecule has 0 aromatic heterocycles. The Labute approximate surface area is 68.3 Å². The van der Waals surface area contributed by atoms with E-state index in [1.165, 1.54) is 0 Å². The van der Waals surface area contributed by atoms with Crippen LogP contribution in [0, 0.1) is 5.41 Å². The van der Waals surface area contributed by atoms with Gasteiger partial charge >= 0.3 is 0 Å². The third kappa shape index (κ3) is 6.31. The Bertz CT molecular complexity index is 198. The predicted octanol–water partition coefficient (Wildman–Crippen LogP) is 0.440. The zero-order valence-corrected chi connectivity index (χ0v) is 8.11. The van der Waals surface area contributed by atoms with E-state index < -0.39 is 9.84 Å². The number of rotatable bonds is 3. The molecule has 0 aliphatic carbocycles. The third-order valence-electron chi connectivity index (χ3n) is 1.06. The van der Waals surface area contributed by atoms with Crippen molar-refractivity contribution < 1.29 is 13.5 Å². The molecule has 0 atom stereocenters. The van der Waals surface area contributed by atoms with E-state index in [0.29, 0.717) is 0 Å². The van der Waals surface area contributed by atoms with Crippen LogP contribution in [0.25, 0.3) is 0 Å². The summed E-state index contributed by atoms with van der Waals surface area (Å²) in [7, 11) is -3.04. The van der Waals surface area contributed by atoms with Gasteiger partial charge in [-0.15, -0.1) is 0 Å². The van der Waals surface area contributed by atoms with Gasteiger partial charge < -0.3 is 5.11 Å². The summed E-state index contributed by atoms with van der Waals surface area (Å²) in [6.45, 7) is 5.31. The van der Waals surface area contributed by atoms with Crippen molar-refractivity contribution in [1.82, 2.24) is 0 Å². The van der Waals surface area contributed by atoms with Crippen molar-refractivity contribution in [2.75, 3.05) is 18.1 Å². The predicted molar refractivity (Wildman–Crippen MR) is 45.2 cm³/mol. The molecule has 0 rings (SSSR count). The number of sulfone groups is 1. The van der Waals surface area contributed by atoms with Crippen LogP contribution in [0.3, 0.4) is 0 Å².